The lowest BCUT2D eigenvalue weighted by atomic mass is 10.0. The maximum atomic E-state index is 12.6. The highest BCUT2D eigenvalue weighted by Gasteiger charge is 2.40. The molecule has 2 atom stereocenters. The molecule has 2 aliphatic heterocycles. The number of aryl methyl sites for hydroxylation is 1. The summed E-state index contributed by atoms with van der Waals surface area (Å²) in [6, 6.07) is 8.71. The maximum absolute atomic E-state index is 12.6. The normalized spacial score (nSPS) is 28.2. The highest BCUT2D eigenvalue weighted by atomic mass is 16.5. The lowest BCUT2D eigenvalue weighted by Crippen LogP contribution is -2.43. The molecule has 1 aromatic heterocycles. The third kappa shape index (κ3) is 2.22. The predicted molar refractivity (Wildman–Crippen MR) is 84.0 cm³/mol. The van der Waals surface area contributed by atoms with E-state index in [2.05, 4.69) is 11.9 Å². The molecule has 0 radical (unpaired) electrons. The lowest BCUT2D eigenvalue weighted by Gasteiger charge is -2.35. The van der Waals surface area contributed by atoms with Crippen LogP contribution in [0.25, 0.3) is 11.0 Å². The Morgan fingerprint density at radius 2 is 2.00 bits per heavy atom. The van der Waals surface area contributed by atoms with Gasteiger partial charge in [0, 0.05) is 30.3 Å². The molecule has 116 valence electrons. The molecular formula is C18H21NO3. The first kappa shape index (κ1) is 13.8. The standard InChI is InChI=1S/C18H21NO3/c1-11-8-12-4-3-5-16(17(12)21-11)18(20)22-15-9-13-6-7-14(10-15)19(13)2/h3-5,8,13-15H,6-7,9-10H2,1-2H3. The minimum atomic E-state index is -0.256. The van der Waals surface area contributed by atoms with Crippen molar-refractivity contribution in [1.29, 1.82) is 0 Å². The van der Waals surface area contributed by atoms with Crippen molar-refractivity contribution in [3.05, 3.63) is 35.6 Å². The predicted octanol–water partition coefficient (Wildman–Crippen LogP) is 3.52. The molecule has 4 heteroatoms. The van der Waals surface area contributed by atoms with Crippen molar-refractivity contribution in [3.8, 4) is 0 Å². The molecule has 2 unspecified atom stereocenters. The summed E-state index contributed by atoms with van der Waals surface area (Å²) in [7, 11) is 2.19. The van der Waals surface area contributed by atoms with Crippen molar-refractivity contribution in [2.45, 2.75) is 50.8 Å². The van der Waals surface area contributed by atoms with E-state index in [9.17, 15) is 4.79 Å². The average molecular weight is 299 g/mol. The molecule has 2 aliphatic rings. The molecule has 1 aromatic carbocycles. The second-order valence-electron chi connectivity index (χ2n) is 6.63. The average Bonchev–Trinajstić information content (AvgIpc) is 2.94. The number of ether oxygens (including phenoxy) is 1. The van der Waals surface area contributed by atoms with Crippen LogP contribution < -0.4 is 0 Å². The van der Waals surface area contributed by atoms with Crippen molar-refractivity contribution in [3.63, 3.8) is 0 Å². The molecule has 2 saturated heterocycles. The van der Waals surface area contributed by atoms with Gasteiger partial charge in [0.15, 0.2) is 0 Å². The van der Waals surface area contributed by atoms with E-state index in [1.54, 1.807) is 6.07 Å². The van der Waals surface area contributed by atoms with Crippen LogP contribution in [0.15, 0.2) is 28.7 Å². The molecule has 4 nitrogen and oxygen atoms in total. The summed E-state index contributed by atoms with van der Waals surface area (Å²) in [5, 5.41) is 0.954. The Morgan fingerprint density at radius 1 is 1.27 bits per heavy atom. The van der Waals surface area contributed by atoms with Crippen LogP contribution in [0, 0.1) is 6.92 Å². The highest BCUT2D eigenvalue weighted by Crippen LogP contribution is 2.36. The molecule has 2 aromatic rings. The van der Waals surface area contributed by atoms with Crippen LogP contribution in [0.1, 0.15) is 41.8 Å². The number of nitrogens with zero attached hydrogens (tertiary/aromatic N) is 1. The number of para-hydroxylation sites is 1. The van der Waals surface area contributed by atoms with Gasteiger partial charge in [-0.15, -0.1) is 0 Å². The zero-order valence-corrected chi connectivity index (χ0v) is 13.0. The largest absolute Gasteiger partial charge is 0.460 e. The van der Waals surface area contributed by atoms with E-state index >= 15 is 0 Å². The molecule has 4 rings (SSSR count). The Labute approximate surface area is 130 Å². The summed E-state index contributed by atoms with van der Waals surface area (Å²) >= 11 is 0. The third-order valence-electron chi connectivity index (χ3n) is 5.22. The minimum absolute atomic E-state index is 0.0347. The van der Waals surface area contributed by atoms with Crippen LogP contribution in [0.2, 0.25) is 0 Å². The third-order valence-corrected chi connectivity index (χ3v) is 5.22. The van der Waals surface area contributed by atoms with Crippen LogP contribution in [-0.2, 0) is 4.74 Å². The Bertz CT molecular complexity index is 706. The Balaban J connectivity index is 1.54. The maximum Gasteiger partial charge on any atom is 0.342 e. The SMILES string of the molecule is Cc1cc2cccc(C(=O)OC3CC4CCC(C3)N4C)c2o1. The smallest absolute Gasteiger partial charge is 0.342 e. The van der Waals surface area contributed by atoms with E-state index in [-0.39, 0.29) is 12.1 Å². The molecule has 2 fully saturated rings. The number of hydrogen-bond acceptors (Lipinski definition) is 4. The molecule has 0 aliphatic carbocycles. The van der Waals surface area contributed by atoms with Gasteiger partial charge in [0.05, 0.1) is 0 Å². The summed E-state index contributed by atoms with van der Waals surface area (Å²) in [5.74, 6) is 0.557. The first-order valence-electron chi connectivity index (χ1n) is 8.04. The summed E-state index contributed by atoms with van der Waals surface area (Å²) in [5.41, 5.74) is 1.18. The highest BCUT2D eigenvalue weighted by molar-refractivity contribution is 6.02. The summed E-state index contributed by atoms with van der Waals surface area (Å²) in [6.07, 6.45) is 4.38. The van der Waals surface area contributed by atoms with Crippen LogP contribution in [0.5, 0.6) is 0 Å². The van der Waals surface area contributed by atoms with Crippen molar-refractivity contribution in [1.82, 2.24) is 4.90 Å². The van der Waals surface area contributed by atoms with Gasteiger partial charge in [-0.2, -0.15) is 0 Å². The number of furan rings is 1. The topological polar surface area (TPSA) is 42.7 Å². The lowest BCUT2D eigenvalue weighted by molar-refractivity contribution is -0.000353. The first-order valence-corrected chi connectivity index (χ1v) is 8.04. The first-order chi connectivity index (χ1) is 10.6. The van der Waals surface area contributed by atoms with Crippen LogP contribution in [-0.4, -0.2) is 36.1 Å². The van der Waals surface area contributed by atoms with Crippen LogP contribution >= 0.6 is 0 Å². The van der Waals surface area contributed by atoms with Crippen molar-refractivity contribution < 1.29 is 13.9 Å². The number of hydrogen-bond donors (Lipinski definition) is 0. The molecule has 0 N–H and O–H groups in total. The fourth-order valence-corrected chi connectivity index (χ4v) is 4.03. The Hall–Kier alpha value is -1.81. The molecular weight excluding hydrogens is 278 g/mol. The van der Waals surface area contributed by atoms with Gasteiger partial charge in [0.1, 0.15) is 23.0 Å². The summed E-state index contributed by atoms with van der Waals surface area (Å²) < 4.78 is 11.5. The van der Waals surface area contributed by atoms with E-state index in [1.165, 1.54) is 12.8 Å². The van der Waals surface area contributed by atoms with Gasteiger partial charge in [0.25, 0.3) is 0 Å². The number of carbonyl (C=O) groups is 1. The van der Waals surface area contributed by atoms with Gasteiger partial charge in [-0.3, -0.25) is 0 Å². The van der Waals surface area contributed by atoms with Crippen LogP contribution in [0.4, 0.5) is 0 Å². The molecule has 22 heavy (non-hydrogen) atoms. The number of piperidine rings is 1. The number of carbonyl (C=O) groups excluding carboxylic acids is 1. The van der Waals surface area contributed by atoms with Gasteiger partial charge in [-0.05, 0) is 38.9 Å². The minimum Gasteiger partial charge on any atom is -0.460 e. The van der Waals surface area contributed by atoms with Gasteiger partial charge in [-0.25, -0.2) is 4.79 Å². The van der Waals surface area contributed by atoms with Crippen molar-refractivity contribution in [2.24, 2.45) is 0 Å². The fraction of sp³-hybridized carbons (Fsp3) is 0.500. The number of rotatable bonds is 2. The second-order valence-corrected chi connectivity index (χ2v) is 6.63. The van der Waals surface area contributed by atoms with E-state index < -0.39 is 0 Å². The fourth-order valence-electron chi connectivity index (χ4n) is 4.03. The van der Waals surface area contributed by atoms with E-state index in [0.29, 0.717) is 23.2 Å². The molecule has 0 amide bonds. The van der Waals surface area contributed by atoms with Gasteiger partial charge >= 0.3 is 5.97 Å². The van der Waals surface area contributed by atoms with Gasteiger partial charge in [0.2, 0.25) is 0 Å². The zero-order valence-electron chi connectivity index (χ0n) is 13.0. The Kier molecular flexibility index (Phi) is 3.22. The molecule has 0 spiro atoms. The molecule has 0 saturated carbocycles. The number of benzene rings is 1. The van der Waals surface area contributed by atoms with Gasteiger partial charge in [-0.1, -0.05) is 12.1 Å². The molecule has 3 heterocycles. The monoisotopic (exact) mass is 299 g/mol. The van der Waals surface area contributed by atoms with E-state index in [4.69, 9.17) is 9.15 Å². The quantitative estimate of drug-likeness (QED) is 0.796. The van der Waals surface area contributed by atoms with Crippen molar-refractivity contribution >= 4 is 16.9 Å². The second kappa shape index (κ2) is 5.13. The summed E-state index contributed by atoms with van der Waals surface area (Å²) in [6.45, 7) is 1.89. The van der Waals surface area contributed by atoms with Gasteiger partial charge < -0.3 is 14.1 Å². The summed E-state index contributed by atoms with van der Waals surface area (Å²) in [4.78, 5) is 15.0. The molecule has 2 bridgehead atoms. The van der Waals surface area contributed by atoms with Crippen LogP contribution in [0.3, 0.4) is 0 Å². The van der Waals surface area contributed by atoms with E-state index in [0.717, 1.165) is 24.0 Å². The Morgan fingerprint density at radius 3 is 2.73 bits per heavy atom. The van der Waals surface area contributed by atoms with E-state index in [1.807, 2.05) is 25.1 Å². The zero-order chi connectivity index (χ0) is 15.3. The van der Waals surface area contributed by atoms with Crippen molar-refractivity contribution in [2.75, 3.05) is 7.05 Å². The number of fused-ring (bicyclic) bond motifs is 3. The number of esters is 1.